The van der Waals surface area contributed by atoms with E-state index >= 15 is 0 Å². The molecule has 0 radical (unpaired) electrons. The zero-order chi connectivity index (χ0) is 12.1. The summed E-state index contributed by atoms with van der Waals surface area (Å²) in [7, 11) is 0. The zero-order valence-corrected chi connectivity index (χ0v) is 9.53. The van der Waals surface area contributed by atoms with E-state index in [1.807, 2.05) is 0 Å². The normalized spacial score (nSPS) is 18.4. The molecule has 0 aromatic heterocycles. The SMILES string of the molecule is O=C=NC(c1ccc(F)cc1)C1CCNCC1. The minimum Gasteiger partial charge on any atom is -0.317 e. The van der Waals surface area contributed by atoms with Gasteiger partial charge in [-0.05, 0) is 49.5 Å². The topological polar surface area (TPSA) is 41.5 Å². The molecule has 0 saturated carbocycles. The van der Waals surface area contributed by atoms with Gasteiger partial charge in [0.15, 0.2) is 0 Å². The second-order valence-corrected chi connectivity index (χ2v) is 4.30. The van der Waals surface area contributed by atoms with Crippen LogP contribution in [0.15, 0.2) is 29.3 Å². The standard InChI is InChI=1S/C13H15FN2O/c14-12-3-1-10(2-4-12)13(16-9-17)11-5-7-15-8-6-11/h1-4,11,13,15H,5-8H2. The van der Waals surface area contributed by atoms with Crippen LogP contribution < -0.4 is 5.32 Å². The van der Waals surface area contributed by atoms with Crippen LogP contribution in [0.3, 0.4) is 0 Å². The molecule has 0 amide bonds. The van der Waals surface area contributed by atoms with Gasteiger partial charge >= 0.3 is 0 Å². The summed E-state index contributed by atoms with van der Waals surface area (Å²) < 4.78 is 12.9. The van der Waals surface area contributed by atoms with Crippen LogP contribution in [0.4, 0.5) is 4.39 Å². The Morgan fingerprint density at radius 1 is 1.29 bits per heavy atom. The molecule has 1 aliphatic heterocycles. The highest BCUT2D eigenvalue weighted by molar-refractivity contribution is 5.36. The number of piperidine rings is 1. The number of carbonyl (C=O) groups excluding carboxylic acids is 1. The van der Waals surface area contributed by atoms with Crippen molar-refractivity contribution in [2.24, 2.45) is 10.9 Å². The number of rotatable bonds is 3. The molecule has 1 heterocycles. The third-order valence-electron chi connectivity index (χ3n) is 3.23. The Bertz CT molecular complexity index is 406. The van der Waals surface area contributed by atoms with Crippen LogP contribution in [0.1, 0.15) is 24.4 Å². The van der Waals surface area contributed by atoms with Crippen molar-refractivity contribution in [2.45, 2.75) is 18.9 Å². The van der Waals surface area contributed by atoms with E-state index in [-0.39, 0.29) is 11.9 Å². The first-order valence-corrected chi connectivity index (χ1v) is 5.84. The van der Waals surface area contributed by atoms with Crippen molar-refractivity contribution in [3.8, 4) is 0 Å². The van der Waals surface area contributed by atoms with Gasteiger partial charge in [-0.15, -0.1) is 0 Å². The molecule has 1 aromatic carbocycles. The molecule has 0 bridgehead atoms. The maximum absolute atomic E-state index is 12.9. The number of aliphatic imine (C=N–C) groups is 1. The molecule has 1 fully saturated rings. The van der Waals surface area contributed by atoms with Crippen molar-refractivity contribution >= 4 is 6.08 Å². The summed E-state index contributed by atoms with van der Waals surface area (Å²) in [5.74, 6) is 0.0658. The van der Waals surface area contributed by atoms with Crippen molar-refractivity contribution in [2.75, 3.05) is 13.1 Å². The van der Waals surface area contributed by atoms with Gasteiger partial charge in [0, 0.05) is 0 Å². The predicted octanol–water partition coefficient (Wildman–Crippen LogP) is 2.20. The summed E-state index contributed by atoms with van der Waals surface area (Å²) in [5.41, 5.74) is 0.890. The van der Waals surface area contributed by atoms with Gasteiger partial charge in [0.05, 0.1) is 6.04 Å². The highest BCUT2D eigenvalue weighted by atomic mass is 19.1. The molecular weight excluding hydrogens is 219 g/mol. The molecule has 4 heteroatoms. The molecule has 1 N–H and O–H groups in total. The van der Waals surface area contributed by atoms with E-state index in [9.17, 15) is 9.18 Å². The lowest BCUT2D eigenvalue weighted by molar-refractivity contribution is 0.322. The first kappa shape index (κ1) is 12.0. The van der Waals surface area contributed by atoms with Crippen LogP contribution in [0.25, 0.3) is 0 Å². The maximum Gasteiger partial charge on any atom is 0.235 e. The molecule has 2 rings (SSSR count). The van der Waals surface area contributed by atoms with Crippen LogP contribution >= 0.6 is 0 Å². The Morgan fingerprint density at radius 3 is 2.53 bits per heavy atom. The quantitative estimate of drug-likeness (QED) is 0.643. The van der Waals surface area contributed by atoms with Crippen molar-refractivity contribution in [3.63, 3.8) is 0 Å². The Balaban J connectivity index is 2.21. The van der Waals surface area contributed by atoms with Gasteiger partial charge in [-0.25, -0.2) is 9.18 Å². The Kier molecular flexibility index (Phi) is 4.02. The van der Waals surface area contributed by atoms with E-state index in [4.69, 9.17) is 0 Å². The van der Waals surface area contributed by atoms with Gasteiger partial charge < -0.3 is 5.32 Å². The fraction of sp³-hybridized carbons (Fsp3) is 0.462. The fourth-order valence-corrected chi connectivity index (χ4v) is 2.33. The first-order valence-electron chi connectivity index (χ1n) is 5.84. The Labute approximate surface area is 99.8 Å². The van der Waals surface area contributed by atoms with E-state index in [2.05, 4.69) is 10.3 Å². The molecular formula is C13H15FN2O. The number of hydrogen-bond acceptors (Lipinski definition) is 3. The highest BCUT2D eigenvalue weighted by Gasteiger charge is 2.24. The summed E-state index contributed by atoms with van der Waals surface area (Å²) in [6.45, 7) is 1.88. The fourth-order valence-electron chi connectivity index (χ4n) is 2.33. The Hall–Kier alpha value is -1.51. The monoisotopic (exact) mass is 234 g/mol. The molecule has 17 heavy (non-hydrogen) atoms. The molecule has 1 aromatic rings. The van der Waals surface area contributed by atoms with E-state index in [0.717, 1.165) is 31.5 Å². The van der Waals surface area contributed by atoms with Gasteiger partial charge in [-0.2, -0.15) is 4.99 Å². The van der Waals surface area contributed by atoms with Gasteiger partial charge in [0.25, 0.3) is 0 Å². The van der Waals surface area contributed by atoms with Crippen molar-refractivity contribution in [3.05, 3.63) is 35.6 Å². The lowest BCUT2D eigenvalue weighted by atomic mass is 9.86. The van der Waals surface area contributed by atoms with Crippen LogP contribution in [0.2, 0.25) is 0 Å². The zero-order valence-electron chi connectivity index (χ0n) is 9.53. The minimum absolute atomic E-state index is 0.185. The number of nitrogens with zero attached hydrogens (tertiary/aromatic N) is 1. The molecule has 1 unspecified atom stereocenters. The number of halogens is 1. The Morgan fingerprint density at radius 2 is 1.94 bits per heavy atom. The molecule has 1 atom stereocenters. The van der Waals surface area contributed by atoms with Gasteiger partial charge in [0.2, 0.25) is 6.08 Å². The molecule has 0 aliphatic carbocycles. The van der Waals surface area contributed by atoms with Crippen molar-refractivity contribution in [1.29, 1.82) is 0 Å². The van der Waals surface area contributed by atoms with E-state index in [1.54, 1.807) is 18.2 Å². The molecule has 90 valence electrons. The summed E-state index contributed by atoms with van der Waals surface area (Å²) in [5, 5.41) is 3.27. The summed E-state index contributed by atoms with van der Waals surface area (Å²) in [4.78, 5) is 14.4. The smallest absolute Gasteiger partial charge is 0.235 e. The van der Waals surface area contributed by atoms with Crippen LogP contribution in [-0.2, 0) is 4.79 Å². The lowest BCUT2D eigenvalue weighted by Gasteiger charge is -2.27. The predicted molar refractivity (Wildman–Crippen MR) is 62.9 cm³/mol. The highest BCUT2D eigenvalue weighted by Crippen LogP contribution is 2.31. The van der Waals surface area contributed by atoms with Gasteiger partial charge in [-0.1, -0.05) is 12.1 Å². The second-order valence-electron chi connectivity index (χ2n) is 4.30. The maximum atomic E-state index is 12.9. The number of nitrogens with one attached hydrogen (secondary N) is 1. The van der Waals surface area contributed by atoms with Crippen molar-refractivity contribution < 1.29 is 9.18 Å². The third kappa shape index (κ3) is 2.99. The molecule has 1 aliphatic rings. The number of hydrogen-bond donors (Lipinski definition) is 1. The third-order valence-corrected chi connectivity index (χ3v) is 3.23. The lowest BCUT2D eigenvalue weighted by Crippen LogP contribution is -2.30. The molecule has 0 spiro atoms. The second kappa shape index (κ2) is 5.71. The first-order chi connectivity index (χ1) is 8.31. The largest absolute Gasteiger partial charge is 0.317 e. The summed E-state index contributed by atoms with van der Waals surface area (Å²) in [6.07, 6.45) is 3.60. The average molecular weight is 234 g/mol. The van der Waals surface area contributed by atoms with E-state index in [0.29, 0.717) is 5.92 Å². The summed E-state index contributed by atoms with van der Waals surface area (Å²) in [6, 6.07) is 6.02. The van der Waals surface area contributed by atoms with Gasteiger partial charge in [0.1, 0.15) is 5.82 Å². The number of benzene rings is 1. The van der Waals surface area contributed by atoms with Crippen LogP contribution in [-0.4, -0.2) is 19.2 Å². The molecule has 1 saturated heterocycles. The number of isocyanates is 1. The van der Waals surface area contributed by atoms with Crippen molar-refractivity contribution in [1.82, 2.24) is 5.32 Å². The van der Waals surface area contributed by atoms with Crippen LogP contribution in [0, 0.1) is 11.7 Å². The average Bonchev–Trinajstić information content (AvgIpc) is 2.38. The minimum atomic E-state index is -0.270. The van der Waals surface area contributed by atoms with Gasteiger partial charge in [-0.3, -0.25) is 0 Å². The van der Waals surface area contributed by atoms with E-state index in [1.165, 1.54) is 12.1 Å². The van der Waals surface area contributed by atoms with E-state index < -0.39 is 0 Å². The van der Waals surface area contributed by atoms with Crippen LogP contribution in [0.5, 0.6) is 0 Å². The summed E-state index contributed by atoms with van der Waals surface area (Å²) >= 11 is 0. The molecule has 3 nitrogen and oxygen atoms in total.